The van der Waals surface area contributed by atoms with Crippen LogP contribution in [0.5, 0.6) is 0 Å². The Kier molecular flexibility index (Phi) is 9.10. The van der Waals surface area contributed by atoms with Gasteiger partial charge in [-0.3, -0.25) is 0 Å². The fraction of sp³-hybridized carbons (Fsp3) is 0. The van der Waals surface area contributed by atoms with Gasteiger partial charge in [-0.1, -0.05) is 170 Å². The van der Waals surface area contributed by atoms with Crippen LogP contribution in [0.25, 0.3) is 65.4 Å². The molecule has 0 unspecified atom stereocenters. The lowest BCUT2D eigenvalue weighted by Crippen LogP contribution is -2.17. The van der Waals surface area contributed by atoms with Crippen molar-refractivity contribution >= 4 is 117 Å². The molecule has 5 heteroatoms. The molecule has 0 amide bonds. The van der Waals surface area contributed by atoms with Crippen LogP contribution in [0.4, 0.5) is 51.2 Å². The van der Waals surface area contributed by atoms with Crippen LogP contribution in [0, 0.1) is 0 Å². The Morgan fingerprint density at radius 2 is 0.552 bits per heavy atom. The largest absolute Gasteiger partial charge is 0.454 e. The Balaban J connectivity index is 1.17. The Bertz CT molecular complexity index is 3700. The third kappa shape index (κ3) is 6.47. The van der Waals surface area contributed by atoms with E-state index in [0.717, 1.165) is 117 Å². The fourth-order valence-corrected chi connectivity index (χ4v) is 10.0. The van der Waals surface area contributed by atoms with Crippen LogP contribution in [0.1, 0.15) is 0 Å². The number of benzene rings is 11. The minimum absolute atomic E-state index is 0.784. The SMILES string of the molecule is c1ccc(N(c2cc(N(c3ccccc3)c3cccc4ccccc34)cc(N(c3cccc4c3oc3ccccc34)c3cccc4c3oc3ccccc34)c2)c2cccc3ccccc23)cc1. The molecule has 2 heterocycles. The predicted octanol–water partition coefficient (Wildman–Crippen LogP) is 18.2. The van der Waals surface area contributed by atoms with Gasteiger partial charge in [0.2, 0.25) is 0 Å². The molecule has 0 bridgehead atoms. The van der Waals surface area contributed by atoms with E-state index in [2.05, 4.69) is 239 Å². The van der Waals surface area contributed by atoms with Crippen molar-refractivity contribution < 1.29 is 8.83 Å². The third-order valence-electron chi connectivity index (χ3n) is 13.0. The van der Waals surface area contributed by atoms with E-state index >= 15 is 0 Å². The summed E-state index contributed by atoms with van der Waals surface area (Å²) in [5.41, 5.74) is 12.0. The quantitative estimate of drug-likeness (QED) is 0.144. The van der Waals surface area contributed by atoms with Gasteiger partial charge >= 0.3 is 0 Å². The van der Waals surface area contributed by atoms with Gasteiger partial charge in [0.05, 0.1) is 39.8 Å². The maximum absolute atomic E-state index is 6.91. The molecule has 0 aliphatic heterocycles. The van der Waals surface area contributed by atoms with Crippen LogP contribution < -0.4 is 14.7 Å². The molecule has 13 aromatic rings. The summed E-state index contributed by atoms with van der Waals surface area (Å²) in [7, 11) is 0. The molecule has 0 fully saturated rings. The zero-order chi connectivity index (χ0) is 44.3. The van der Waals surface area contributed by atoms with E-state index in [-0.39, 0.29) is 0 Å². The van der Waals surface area contributed by atoms with Gasteiger partial charge in [0.25, 0.3) is 0 Å². The summed E-state index contributed by atoms with van der Waals surface area (Å²) < 4.78 is 13.8. The molecule has 0 atom stereocenters. The molecular weight excluding hydrogens is 819 g/mol. The normalized spacial score (nSPS) is 11.6. The molecule has 0 spiro atoms. The number of nitrogens with zero attached hydrogens (tertiary/aromatic N) is 3. The van der Waals surface area contributed by atoms with Gasteiger partial charge in [-0.2, -0.15) is 0 Å². The minimum Gasteiger partial charge on any atom is -0.454 e. The van der Waals surface area contributed by atoms with Gasteiger partial charge in [-0.25, -0.2) is 0 Å². The third-order valence-corrected chi connectivity index (χ3v) is 13.0. The summed E-state index contributed by atoms with van der Waals surface area (Å²) in [5.74, 6) is 0. The number of rotatable bonds is 9. The van der Waals surface area contributed by atoms with Gasteiger partial charge in [-0.05, 0) is 89.6 Å². The Hall–Kier alpha value is -9.06. The first kappa shape index (κ1) is 38.4. The van der Waals surface area contributed by atoms with Crippen molar-refractivity contribution in [2.75, 3.05) is 14.7 Å². The number of fused-ring (bicyclic) bond motifs is 8. The molecule has 0 aliphatic carbocycles. The van der Waals surface area contributed by atoms with Crippen LogP contribution >= 0.6 is 0 Å². The lowest BCUT2D eigenvalue weighted by molar-refractivity contribution is 0.666. The smallest absolute Gasteiger partial charge is 0.159 e. The maximum atomic E-state index is 6.91. The van der Waals surface area contributed by atoms with Crippen LogP contribution in [0.3, 0.4) is 0 Å². The summed E-state index contributed by atoms with van der Waals surface area (Å²) in [6, 6.07) is 88.2. The van der Waals surface area contributed by atoms with E-state index in [0.29, 0.717) is 0 Å². The number of furan rings is 2. The van der Waals surface area contributed by atoms with Crippen LogP contribution in [0.15, 0.2) is 258 Å². The first-order valence-corrected chi connectivity index (χ1v) is 22.7. The van der Waals surface area contributed by atoms with E-state index in [9.17, 15) is 0 Å². The number of hydrogen-bond acceptors (Lipinski definition) is 5. The molecular formula is C62H41N3O2. The van der Waals surface area contributed by atoms with E-state index in [4.69, 9.17) is 8.83 Å². The Morgan fingerprint density at radius 1 is 0.224 bits per heavy atom. The monoisotopic (exact) mass is 859 g/mol. The average molecular weight is 860 g/mol. The zero-order valence-electron chi connectivity index (χ0n) is 36.3. The molecule has 0 radical (unpaired) electrons. The van der Waals surface area contributed by atoms with Crippen LogP contribution in [0.2, 0.25) is 0 Å². The zero-order valence-corrected chi connectivity index (χ0v) is 36.3. The second kappa shape index (κ2) is 15.9. The van der Waals surface area contributed by atoms with Crippen molar-refractivity contribution in [2.45, 2.75) is 0 Å². The highest BCUT2D eigenvalue weighted by Gasteiger charge is 2.27. The highest BCUT2D eigenvalue weighted by atomic mass is 16.3. The molecule has 11 aromatic carbocycles. The van der Waals surface area contributed by atoms with Crippen molar-refractivity contribution in [1.29, 1.82) is 0 Å². The van der Waals surface area contributed by atoms with Crippen molar-refractivity contribution in [3.8, 4) is 0 Å². The van der Waals surface area contributed by atoms with Gasteiger partial charge in [0.15, 0.2) is 11.2 Å². The standard InChI is InChI=1S/C62H41N3O2/c1-3-23-44(24-4-1)63(55-33-15-21-42-19-7-9-27-49(42)55)46-39-47(64(45-25-5-2-6-26-45)56-34-16-22-43-20-8-10-28-50(43)56)41-48(40-46)65(57-35-17-31-53-51-29-11-13-37-59(51)66-61(53)57)58-36-18-32-54-52-30-12-14-38-60(52)67-62(54)58/h1-41H. The van der Waals surface area contributed by atoms with E-state index in [1.165, 1.54) is 0 Å². The summed E-state index contributed by atoms with van der Waals surface area (Å²) in [5, 5.41) is 8.81. The Labute approximate surface area is 387 Å². The molecule has 0 saturated carbocycles. The molecule has 5 nitrogen and oxygen atoms in total. The van der Waals surface area contributed by atoms with E-state index in [1.807, 2.05) is 24.3 Å². The maximum Gasteiger partial charge on any atom is 0.159 e. The second-order valence-electron chi connectivity index (χ2n) is 16.9. The molecule has 316 valence electrons. The minimum atomic E-state index is 0.784. The fourth-order valence-electron chi connectivity index (χ4n) is 10.0. The average Bonchev–Trinajstić information content (AvgIpc) is 3.97. The van der Waals surface area contributed by atoms with Crippen molar-refractivity contribution in [1.82, 2.24) is 0 Å². The molecule has 13 rings (SSSR count). The van der Waals surface area contributed by atoms with Gasteiger partial charge in [0.1, 0.15) is 11.2 Å². The van der Waals surface area contributed by atoms with Gasteiger partial charge in [0, 0.05) is 43.7 Å². The summed E-state index contributed by atoms with van der Waals surface area (Å²) in [6.45, 7) is 0. The molecule has 2 aromatic heterocycles. The molecule has 0 aliphatic rings. The van der Waals surface area contributed by atoms with E-state index in [1.54, 1.807) is 0 Å². The highest BCUT2D eigenvalue weighted by molar-refractivity contribution is 6.14. The number of hydrogen-bond donors (Lipinski definition) is 0. The first-order chi connectivity index (χ1) is 33.2. The number of para-hydroxylation sites is 6. The summed E-state index contributed by atoms with van der Waals surface area (Å²) >= 11 is 0. The Morgan fingerprint density at radius 3 is 1.01 bits per heavy atom. The van der Waals surface area contributed by atoms with Gasteiger partial charge < -0.3 is 23.5 Å². The lowest BCUT2D eigenvalue weighted by Gasteiger charge is -2.33. The molecule has 67 heavy (non-hydrogen) atoms. The first-order valence-electron chi connectivity index (χ1n) is 22.7. The van der Waals surface area contributed by atoms with Crippen LogP contribution in [-0.4, -0.2) is 0 Å². The molecule has 0 N–H and O–H groups in total. The summed E-state index contributed by atoms with van der Waals surface area (Å²) in [4.78, 5) is 7.12. The van der Waals surface area contributed by atoms with Crippen molar-refractivity contribution in [3.63, 3.8) is 0 Å². The van der Waals surface area contributed by atoms with Crippen LogP contribution in [-0.2, 0) is 0 Å². The van der Waals surface area contributed by atoms with Crippen molar-refractivity contribution in [3.05, 3.63) is 249 Å². The highest BCUT2D eigenvalue weighted by Crippen LogP contribution is 2.51. The number of anilines is 9. The second-order valence-corrected chi connectivity index (χ2v) is 16.9. The van der Waals surface area contributed by atoms with E-state index < -0.39 is 0 Å². The molecule has 0 saturated heterocycles. The lowest BCUT2D eigenvalue weighted by atomic mass is 10.0. The summed E-state index contributed by atoms with van der Waals surface area (Å²) in [6.07, 6.45) is 0. The predicted molar refractivity (Wildman–Crippen MR) is 280 cm³/mol. The van der Waals surface area contributed by atoms with Crippen molar-refractivity contribution in [2.24, 2.45) is 0 Å². The van der Waals surface area contributed by atoms with Gasteiger partial charge in [-0.15, -0.1) is 0 Å². The topological polar surface area (TPSA) is 36.0 Å².